The van der Waals surface area contributed by atoms with Gasteiger partial charge in [-0.15, -0.1) is 5.48 Å². The van der Waals surface area contributed by atoms with E-state index in [0.717, 1.165) is 16.5 Å². The third kappa shape index (κ3) is 2.49. The van der Waals surface area contributed by atoms with Crippen LogP contribution >= 0.6 is 0 Å². The largest absolute Gasteiger partial charge is 0.480 e. The number of carbonyl (C=O) groups is 2. The van der Waals surface area contributed by atoms with Gasteiger partial charge in [0.15, 0.2) is 0 Å². The van der Waals surface area contributed by atoms with Crippen molar-refractivity contribution in [3.05, 3.63) is 36.0 Å². The van der Waals surface area contributed by atoms with E-state index in [4.69, 9.17) is 5.11 Å². The zero-order valence-corrected chi connectivity index (χ0v) is 9.42. The number of para-hydroxylation sites is 1. The van der Waals surface area contributed by atoms with Crippen LogP contribution in [0.15, 0.2) is 30.5 Å². The smallest absolute Gasteiger partial charge is 0.324 e. The molecule has 2 rings (SSSR count). The highest BCUT2D eigenvalue weighted by atomic mass is 16.7. The summed E-state index contributed by atoms with van der Waals surface area (Å²) < 4.78 is 0. The van der Waals surface area contributed by atoms with Gasteiger partial charge in [0, 0.05) is 23.5 Å². The first-order chi connectivity index (χ1) is 8.72. The van der Waals surface area contributed by atoms with Crippen LogP contribution in [0.4, 0.5) is 0 Å². The van der Waals surface area contributed by atoms with E-state index in [1.165, 1.54) is 0 Å². The molecule has 0 saturated carbocycles. The third-order valence-electron chi connectivity index (χ3n) is 2.66. The molecule has 0 bridgehead atoms. The van der Waals surface area contributed by atoms with Gasteiger partial charge >= 0.3 is 12.4 Å². The summed E-state index contributed by atoms with van der Waals surface area (Å²) in [6, 6.07) is 6.61. The zero-order chi connectivity index (χ0) is 13.0. The Labute approximate surface area is 103 Å². The molecule has 0 spiro atoms. The molecule has 1 heterocycles. The van der Waals surface area contributed by atoms with Gasteiger partial charge in [0.1, 0.15) is 6.04 Å². The summed E-state index contributed by atoms with van der Waals surface area (Å²) in [6.45, 7) is 0.158. The number of rotatable bonds is 6. The highest BCUT2D eigenvalue weighted by Crippen LogP contribution is 2.19. The van der Waals surface area contributed by atoms with Crippen molar-refractivity contribution in [3.63, 3.8) is 0 Å². The minimum absolute atomic E-state index is 0.158. The summed E-state index contributed by atoms with van der Waals surface area (Å²) in [5, 5.41) is 9.96. The van der Waals surface area contributed by atoms with Crippen molar-refractivity contribution in [1.82, 2.24) is 10.5 Å². The molecular formula is C12H12N2O4. The Balaban J connectivity index is 2.20. The lowest BCUT2D eigenvalue weighted by molar-refractivity contribution is -0.148. The molecule has 18 heavy (non-hydrogen) atoms. The minimum Gasteiger partial charge on any atom is -0.480 e. The second-order valence-electron chi connectivity index (χ2n) is 3.79. The number of carboxylic acids is 1. The molecule has 1 atom stereocenters. The van der Waals surface area contributed by atoms with Crippen molar-refractivity contribution >= 4 is 23.3 Å². The Morgan fingerprint density at radius 2 is 2.28 bits per heavy atom. The Morgan fingerprint density at radius 1 is 1.50 bits per heavy atom. The number of fused-ring (bicyclic) bond motifs is 1. The molecule has 0 radical (unpaired) electrons. The highest BCUT2D eigenvalue weighted by Gasteiger charge is 2.20. The van der Waals surface area contributed by atoms with Gasteiger partial charge in [0.25, 0.3) is 0 Å². The third-order valence-corrected chi connectivity index (χ3v) is 2.66. The van der Waals surface area contributed by atoms with Crippen molar-refractivity contribution in [2.45, 2.75) is 12.5 Å². The fourth-order valence-electron chi connectivity index (χ4n) is 1.81. The molecule has 0 fully saturated rings. The van der Waals surface area contributed by atoms with E-state index in [9.17, 15) is 9.59 Å². The van der Waals surface area contributed by atoms with Crippen LogP contribution in [-0.4, -0.2) is 28.6 Å². The monoisotopic (exact) mass is 248 g/mol. The number of nitrogens with one attached hydrogen (secondary N) is 2. The number of aromatic nitrogens is 1. The van der Waals surface area contributed by atoms with E-state index < -0.39 is 12.0 Å². The molecule has 1 unspecified atom stereocenters. The molecule has 1 aromatic heterocycles. The van der Waals surface area contributed by atoms with Crippen LogP contribution in [0.25, 0.3) is 10.9 Å². The van der Waals surface area contributed by atoms with Crippen LogP contribution in [0.2, 0.25) is 0 Å². The van der Waals surface area contributed by atoms with Gasteiger partial charge in [-0.25, -0.2) is 0 Å². The van der Waals surface area contributed by atoms with Gasteiger partial charge < -0.3 is 14.9 Å². The standard InChI is InChI=1S/C12H12N2O4/c15-7-18-14-11(12(16)17)5-8-6-13-10-4-2-1-3-9(8)10/h1-4,6-7,11,13-14H,5H2,(H,16,17). The molecule has 0 saturated heterocycles. The van der Waals surface area contributed by atoms with Crippen LogP contribution in [0.3, 0.4) is 0 Å². The Kier molecular flexibility index (Phi) is 3.59. The lowest BCUT2D eigenvalue weighted by Gasteiger charge is -2.11. The molecule has 94 valence electrons. The number of H-pyrrole nitrogens is 1. The van der Waals surface area contributed by atoms with E-state index >= 15 is 0 Å². The molecule has 0 aliphatic rings. The molecule has 0 aliphatic carbocycles. The van der Waals surface area contributed by atoms with E-state index in [2.05, 4.69) is 15.3 Å². The molecule has 3 N–H and O–H groups in total. The fourth-order valence-corrected chi connectivity index (χ4v) is 1.81. The summed E-state index contributed by atoms with van der Waals surface area (Å²) >= 11 is 0. The number of carbonyl (C=O) groups excluding carboxylic acids is 1. The molecule has 1 aromatic carbocycles. The summed E-state index contributed by atoms with van der Waals surface area (Å²) in [4.78, 5) is 28.4. The van der Waals surface area contributed by atoms with Crippen LogP contribution in [0.1, 0.15) is 5.56 Å². The molecule has 2 aromatic rings. The predicted molar refractivity (Wildman–Crippen MR) is 63.7 cm³/mol. The van der Waals surface area contributed by atoms with E-state index in [-0.39, 0.29) is 12.9 Å². The van der Waals surface area contributed by atoms with Crippen LogP contribution in [0.5, 0.6) is 0 Å². The van der Waals surface area contributed by atoms with Crippen LogP contribution < -0.4 is 5.48 Å². The van der Waals surface area contributed by atoms with Crippen molar-refractivity contribution in [2.75, 3.05) is 0 Å². The quantitative estimate of drug-likeness (QED) is 0.520. The van der Waals surface area contributed by atoms with Gasteiger partial charge in [-0.05, 0) is 11.6 Å². The first kappa shape index (κ1) is 12.1. The van der Waals surface area contributed by atoms with Gasteiger partial charge in [-0.3, -0.25) is 9.59 Å². The number of aromatic amines is 1. The molecular weight excluding hydrogens is 236 g/mol. The second-order valence-corrected chi connectivity index (χ2v) is 3.79. The van der Waals surface area contributed by atoms with E-state index in [1.54, 1.807) is 6.20 Å². The topological polar surface area (TPSA) is 91.4 Å². The van der Waals surface area contributed by atoms with E-state index in [1.807, 2.05) is 24.3 Å². The Hall–Kier alpha value is -2.34. The van der Waals surface area contributed by atoms with Crippen molar-refractivity contribution in [3.8, 4) is 0 Å². The zero-order valence-electron chi connectivity index (χ0n) is 9.42. The average molecular weight is 248 g/mol. The number of aliphatic carboxylic acids is 1. The second kappa shape index (κ2) is 5.33. The van der Waals surface area contributed by atoms with Gasteiger partial charge in [-0.2, -0.15) is 0 Å². The minimum atomic E-state index is -1.08. The number of hydroxylamine groups is 1. The number of benzene rings is 1. The summed E-state index contributed by atoms with van der Waals surface area (Å²) in [6.07, 6.45) is 1.97. The fraction of sp³-hybridized carbons (Fsp3) is 0.167. The van der Waals surface area contributed by atoms with Crippen molar-refractivity contribution < 1.29 is 19.5 Å². The molecule has 6 nitrogen and oxygen atoms in total. The first-order valence-electron chi connectivity index (χ1n) is 5.35. The maximum Gasteiger partial charge on any atom is 0.324 e. The highest BCUT2D eigenvalue weighted by molar-refractivity contribution is 5.84. The van der Waals surface area contributed by atoms with Crippen LogP contribution in [0, 0.1) is 0 Å². The predicted octanol–water partition coefficient (Wildman–Crippen LogP) is 0.841. The molecule has 0 amide bonds. The normalized spacial score (nSPS) is 12.2. The Morgan fingerprint density at radius 3 is 3.00 bits per heavy atom. The van der Waals surface area contributed by atoms with Crippen molar-refractivity contribution in [2.24, 2.45) is 0 Å². The molecule has 0 aliphatic heterocycles. The number of hydrogen-bond acceptors (Lipinski definition) is 4. The maximum absolute atomic E-state index is 11.0. The summed E-state index contributed by atoms with van der Waals surface area (Å²) in [5.41, 5.74) is 3.98. The lowest BCUT2D eigenvalue weighted by atomic mass is 10.1. The summed E-state index contributed by atoms with van der Waals surface area (Å²) in [7, 11) is 0. The van der Waals surface area contributed by atoms with Gasteiger partial charge in [0.2, 0.25) is 0 Å². The summed E-state index contributed by atoms with van der Waals surface area (Å²) in [5.74, 6) is -1.08. The first-order valence-corrected chi connectivity index (χ1v) is 5.35. The maximum atomic E-state index is 11.0. The number of carboxylic acid groups (broad SMARTS) is 1. The van der Waals surface area contributed by atoms with Gasteiger partial charge in [0.05, 0.1) is 0 Å². The van der Waals surface area contributed by atoms with E-state index in [0.29, 0.717) is 0 Å². The van der Waals surface area contributed by atoms with Gasteiger partial charge in [-0.1, -0.05) is 18.2 Å². The lowest BCUT2D eigenvalue weighted by Crippen LogP contribution is -2.38. The van der Waals surface area contributed by atoms with Crippen molar-refractivity contribution in [1.29, 1.82) is 0 Å². The molecule has 6 heteroatoms. The number of hydrogen-bond donors (Lipinski definition) is 3. The Bertz CT molecular complexity index is 564. The van der Waals surface area contributed by atoms with Crippen LogP contribution in [-0.2, 0) is 20.8 Å². The SMILES string of the molecule is O=CONC(Cc1c[nH]c2ccccc12)C(=O)O. The average Bonchev–Trinajstić information content (AvgIpc) is 2.77.